The lowest BCUT2D eigenvalue weighted by molar-refractivity contribution is -0.386. The molecule has 1 aliphatic rings. The predicted octanol–water partition coefficient (Wildman–Crippen LogP) is 2.06. The maximum Gasteiger partial charge on any atom is 0.312 e. The molecule has 0 spiro atoms. The van der Waals surface area contributed by atoms with Crippen molar-refractivity contribution in [1.29, 1.82) is 0 Å². The van der Waals surface area contributed by atoms with Gasteiger partial charge in [0.2, 0.25) is 5.91 Å². The fourth-order valence-electron chi connectivity index (χ4n) is 2.94. The topological polar surface area (TPSA) is 81.3 Å². The first-order valence-electron chi connectivity index (χ1n) is 7.36. The molecule has 1 aromatic heterocycles. The number of nitro groups is 1. The van der Waals surface area contributed by atoms with Crippen molar-refractivity contribution in [2.45, 2.75) is 46.6 Å². The van der Waals surface area contributed by atoms with E-state index in [1.165, 1.54) is 6.42 Å². The molecule has 21 heavy (non-hydrogen) atoms. The van der Waals surface area contributed by atoms with Gasteiger partial charge >= 0.3 is 5.69 Å². The van der Waals surface area contributed by atoms with Crippen LogP contribution in [0.4, 0.5) is 5.69 Å². The van der Waals surface area contributed by atoms with Crippen LogP contribution in [-0.4, -0.2) is 38.6 Å². The molecular weight excluding hydrogens is 272 g/mol. The van der Waals surface area contributed by atoms with Gasteiger partial charge in [-0.15, -0.1) is 0 Å². The molecule has 116 valence electrons. The van der Waals surface area contributed by atoms with Gasteiger partial charge in [0.25, 0.3) is 0 Å². The van der Waals surface area contributed by atoms with Crippen LogP contribution >= 0.6 is 0 Å². The molecule has 7 heteroatoms. The van der Waals surface area contributed by atoms with Crippen LogP contribution in [0.5, 0.6) is 0 Å². The average Bonchev–Trinajstić information content (AvgIpc) is 2.70. The van der Waals surface area contributed by atoms with E-state index in [-0.39, 0.29) is 11.6 Å². The molecule has 1 aromatic rings. The SMILES string of the molecule is Cc1nn(CCC(=O)N2CCCC(C)C2)c(C)c1[N+](=O)[O-]. The van der Waals surface area contributed by atoms with Gasteiger partial charge in [-0.2, -0.15) is 5.10 Å². The van der Waals surface area contributed by atoms with Crippen molar-refractivity contribution in [1.82, 2.24) is 14.7 Å². The maximum absolute atomic E-state index is 12.2. The lowest BCUT2D eigenvalue weighted by atomic mass is 10.00. The van der Waals surface area contributed by atoms with Gasteiger partial charge in [0.1, 0.15) is 11.4 Å². The van der Waals surface area contributed by atoms with Crippen LogP contribution < -0.4 is 0 Å². The molecule has 2 heterocycles. The van der Waals surface area contributed by atoms with Gasteiger partial charge in [-0.3, -0.25) is 19.6 Å². The standard InChI is InChI=1S/C14H22N4O3/c1-10-5-4-7-16(9-10)13(19)6-8-17-12(3)14(18(20)21)11(2)15-17/h10H,4-9H2,1-3H3. The van der Waals surface area contributed by atoms with Gasteiger partial charge in [-0.1, -0.05) is 6.92 Å². The van der Waals surface area contributed by atoms with Crippen molar-refractivity contribution in [3.05, 3.63) is 21.5 Å². The number of likely N-dealkylation sites (tertiary alicyclic amines) is 1. The highest BCUT2D eigenvalue weighted by Crippen LogP contribution is 2.22. The molecule has 1 fully saturated rings. The molecule has 0 radical (unpaired) electrons. The third kappa shape index (κ3) is 3.40. The second-order valence-electron chi connectivity index (χ2n) is 5.84. The zero-order valence-electron chi connectivity index (χ0n) is 12.8. The van der Waals surface area contributed by atoms with Gasteiger partial charge < -0.3 is 4.90 Å². The number of aromatic nitrogens is 2. The maximum atomic E-state index is 12.2. The molecule has 1 atom stereocenters. The molecule has 0 N–H and O–H groups in total. The molecule has 0 aliphatic carbocycles. The van der Waals surface area contributed by atoms with E-state index < -0.39 is 4.92 Å². The Kier molecular flexibility index (Phi) is 4.59. The van der Waals surface area contributed by atoms with Gasteiger partial charge in [-0.25, -0.2) is 0 Å². The molecule has 0 aromatic carbocycles. The van der Waals surface area contributed by atoms with Crippen LogP contribution in [0.3, 0.4) is 0 Å². The molecule has 0 saturated carbocycles. The minimum absolute atomic E-state index is 0.0500. The van der Waals surface area contributed by atoms with Crippen molar-refractivity contribution in [2.24, 2.45) is 5.92 Å². The Morgan fingerprint density at radius 2 is 2.19 bits per heavy atom. The first-order chi connectivity index (χ1) is 9.90. The monoisotopic (exact) mass is 294 g/mol. The van der Waals surface area contributed by atoms with E-state index in [2.05, 4.69) is 12.0 Å². The second kappa shape index (κ2) is 6.24. The van der Waals surface area contributed by atoms with Gasteiger partial charge in [0.15, 0.2) is 0 Å². The fraction of sp³-hybridized carbons (Fsp3) is 0.714. The minimum Gasteiger partial charge on any atom is -0.342 e. The summed E-state index contributed by atoms with van der Waals surface area (Å²) in [6, 6.07) is 0. The molecular formula is C14H22N4O3. The highest BCUT2D eigenvalue weighted by Gasteiger charge is 2.24. The average molecular weight is 294 g/mol. The number of carbonyl (C=O) groups excluding carboxylic acids is 1. The van der Waals surface area contributed by atoms with Crippen LogP contribution in [0.1, 0.15) is 37.6 Å². The molecule has 0 bridgehead atoms. The van der Waals surface area contributed by atoms with E-state index in [0.29, 0.717) is 30.3 Å². The number of nitrogens with zero attached hydrogens (tertiary/aromatic N) is 4. The van der Waals surface area contributed by atoms with Crippen molar-refractivity contribution in [3.8, 4) is 0 Å². The summed E-state index contributed by atoms with van der Waals surface area (Å²) in [7, 11) is 0. The van der Waals surface area contributed by atoms with E-state index >= 15 is 0 Å². The zero-order chi connectivity index (χ0) is 15.6. The van der Waals surface area contributed by atoms with Crippen LogP contribution in [0, 0.1) is 29.9 Å². The summed E-state index contributed by atoms with van der Waals surface area (Å²) in [5.74, 6) is 0.661. The first-order valence-corrected chi connectivity index (χ1v) is 7.36. The van der Waals surface area contributed by atoms with E-state index in [1.807, 2.05) is 4.90 Å². The predicted molar refractivity (Wildman–Crippen MR) is 78.0 cm³/mol. The number of piperidine rings is 1. The molecule has 1 amide bonds. The Morgan fingerprint density at radius 1 is 1.48 bits per heavy atom. The van der Waals surface area contributed by atoms with Gasteiger partial charge in [0.05, 0.1) is 11.5 Å². The number of rotatable bonds is 4. The van der Waals surface area contributed by atoms with Gasteiger partial charge in [0, 0.05) is 19.5 Å². The highest BCUT2D eigenvalue weighted by atomic mass is 16.6. The summed E-state index contributed by atoms with van der Waals surface area (Å²) in [6.07, 6.45) is 2.57. The number of aryl methyl sites for hydroxylation is 2. The fourth-order valence-corrected chi connectivity index (χ4v) is 2.94. The summed E-state index contributed by atoms with van der Waals surface area (Å²) < 4.78 is 1.57. The number of hydrogen-bond donors (Lipinski definition) is 0. The molecule has 1 saturated heterocycles. The lowest BCUT2D eigenvalue weighted by Gasteiger charge is -2.31. The zero-order valence-corrected chi connectivity index (χ0v) is 12.8. The summed E-state index contributed by atoms with van der Waals surface area (Å²) >= 11 is 0. The Hall–Kier alpha value is -1.92. The largest absolute Gasteiger partial charge is 0.342 e. The van der Waals surface area contributed by atoms with Crippen LogP contribution in [0.15, 0.2) is 0 Å². The van der Waals surface area contributed by atoms with Crippen LogP contribution in [-0.2, 0) is 11.3 Å². The smallest absolute Gasteiger partial charge is 0.312 e. The van der Waals surface area contributed by atoms with Crippen molar-refractivity contribution < 1.29 is 9.72 Å². The number of carbonyl (C=O) groups is 1. The molecule has 1 unspecified atom stereocenters. The normalized spacial score (nSPS) is 18.8. The Labute approximate surface area is 124 Å². The lowest BCUT2D eigenvalue weighted by Crippen LogP contribution is -2.39. The van der Waals surface area contributed by atoms with Gasteiger partial charge in [-0.05, 0) is 32.6 Å². The minimum atomic E-state index is -0.414. The highest BCUT2D eigenvalue weighted by molar-refractivity contribution is 5.76. The van der Waals surface area contributed by atoms with Crippen LogP contribution in [0.25, 0.3) is 0 Å². The summed E-state index contributed by atoms with van der Waals surface area (Å²) in [4.78, 5) is 24.6. The summed E-state index contributed by atoms with van der Waals surface area (Å²) in [5.41, 5.74) is 0.961. The summed E-state index contributed by atoms with van der Waals surface area (Å²) in [6.45, 7) is 7.48. The number of hydrogen-bond acceptors (Lipinski definition) is 4. The molecule has 2 rings (SSSR count). The quantitative estimate of drug-likeness (QED) is 0.628. The number of amides is 1. The Morgan fingerprint density at radius 3 is 2.76 bits per heavy atom. The van der Waals surface area contributed by atoms with Crippen molar-refractivity contribution in [2.75, 3.05) is 13.1 Å². The third-order valence-corrected chi connectivity index (χ3v) is 4.07. The third-order valence-electron chi connectivity index (χ3n) is 4.07. The summed E-state index contributed by atoms with van der Waals surface area (Å²) in [5, 5.41) is 15.1. The van der Waals surface area contributed by atoms with E-state index in [0.717, 1.165) is 19.5 Å². The van der Waals surface area contributed by atoms with Crippen molar-refractivity contribution in [3.63, 3.8) is 0 Å². The Bertz CT molecular complexity index is 553. The van der Waals surface area contributed by atoms with E-state index in [9.17, 15) is 14.9 Å². The second-order valence-corrected chi connectivity index (χ2v) is 5.84. The Balaban J connectivity index is 1.98. The molecule has 7 nitrogen and oxygen atoms in total. The van der Waals surface area contributed by atoms with E-state index in [1.54, 1.807) is 18.5 Å². The van der Waals surface area contributed by atoms with E-state index in [4.69, 9.17) is 0 Å². The first kappa shape index (κ1) is 15.5. The molecule has 1 aliphatic heterocycles. The van der Waals surface area contributed by atoms with Crippen LogP contribution in [0.2, 0.25) is 0 Å². The van der Waals surface area contributed by atoms with Crippen molar-refractivity contribution >= 4 is 11.6 Å².